The van der Waals surface area contributed by atoms with Gasteiger partial charge in [-0.1, -0.05) is 0 Å². The molecule has 0 saturated carbocycles. The first-order chi connectivity index (χ1) is 7.27. The molecule has 0 aliphatic carbocycles. The van der Waals surface area contributed by atoms with Crippen LogP contribution in [0.3, 0.4) is 0 Å². The van der Waals surface area contributed by atoms with E-state index in [-0.39, 0.29) is 18.1 Å². The van der Waals surface area contributed by atoms with E-state index in [1.165, 1.54) is 0 Å². The fourth-order valence-electron chi connectivity index (χ4n) is 1.03. The van der Waals surface area contributed by atoms with Crippen molar-refractivity contribution in [2.75, 3.05) is 5.43 Å². The van der Waals surface area contributed by atoms with E-state index in [9.17, 15) is 18.3 Å². The Morgan fingerprint density at radius 2 is 1.88 bits per heavy atom. The molecular weight excluding hydrogens is 276 g/mol. The zero-order valence-corrected chi connectivity index (χ0v) is 9.75. The first-order valence-electron chi connectivity index (χ1n) is 3.81. The number of nitrogen functional groups attached to an aromatic ring is 1. The number of anilines is 1. The molecule has 0 bridgehead atoms. The van der Waals surface area contributed by atoms with Gasteiger partial charge in [0.1, 0.15) is 5.56 Å². The Hall–Kier alpha value is -1.55. The molecule has 8 nitrogen and oxygen atoms in total. The van der Waals surface area contributed by atoms with Gasteiger partial charge in [-0.15, -0.1) is 12.4 Å². The fraction of sp³-hybridized carbons (Fsp3) is 0. The second kappa shape index (κ2) is 5.19. The van der Waals surface area contributed by atoms with Gasteiger partial charge >= 0.3 is 5.97 Å². The van der Waals surface area contributed by atoms with Crippen molar-refractivity contribution >= 4 is 34.2 Å². The molecule has 0 saturated heterocycles. The molecule has 1 aromatic rings. The normalized spacial score (nSPS) is 10.5. The number of aromatic hydroxyl groups is 1. The molecule has 1 aromatic carbocycles. The molecule has 0 heterocycles. The SMILES string of the molecule is Cl.NNc1cc(S(=O)(=O)O)cc(C(=O)O)c1O. The van der Waals surface area contributed by atoms with E-state index in [0.29, 0.717) is 6.07 Å². The number of carboxylic acids is 1. The molecule has 0 fully saturated rings. The maximum atomic E-state index is 10.8. The van der Waals surface area contributed by atoms with Crippen molar-refractivity contribution < 1.29 is 28.0 Å². The van der Waals surface area contributed by atoms with Crippen LogP contribution in [0.25, 0.3) is 0 Å². The lowest BCUT2D eigenvalue weighted by atomic mass is 10.2. The molecule has 6 N–H and O–H groups in total. The molecule has 1 rings (SSSR count). The lowest BCUT2D eigenvalue weighted by Gasteiger charge is -2.08. The minimum Gasteiger partial charge on any atom is -0.505 e. The quantitative estimate of drug-likeness (QED) is 0.226. The minimum absolute atomic E-state index is 0. The first-order valence-corrected chi connectivity index (χ1v) is 5.25. The van der Waals surface area contributed by atoms with Gasteiger partial charge in [0.25, 0.3) is 10.1 Å². The molecule has 0 atom stereocenters. The predicted molar refractivity (Wildman–Crippen MR) is 59.9 cm³/mol. The number of rotatable bonds is 3. The van der Waals surface area contributed by atoms with Gasteiger partial charge in [0, 0.05) is 0 Å². The molecule has 0 aromatic heterocycles. The Labute approximate surface area is 102 Å². The molecule has 0 unspecified atom stereocenters. The molecular formula is C7H9ClN2O6S. The number of aromatic carboxylic acids is 1. The lowest BCUT2D eigenvalue weighted by molar-refractivity contribution is 0.0693. The Kier molecular flexibility index (Phi) is 4.71. The van der Waals surface area contributed by atoms with E-state index in [2.05, 4.69) is 0 Å². The Morgan fingerprint density at radius 1 is 1.35 bits per heavy atom. The molecule has 0 radical (unpaired) electrons. The summed E-state index contributed by atoms with van der Waals surface area (Å²) in [5.74, 6) is 2.68. The maximum Gasteiger partial charge on any atom is 0.339 e. The number of hydrogen-bond donors (Lipinski definition) is 5. The maximum absolute atomic E-state index is 10.8. The number of benzene rings is 1. The number of hydrogen-bond acceptors (Lipinski definition) is 6. The lowest BCUT2D eigenvalue weighted by Crippen LogP contribution is -2.11. The average molecular weight is 285 g/mol. The van der Waals surface area contributed by atoms with Crippen molar-refractivity contribution in [1.29, 1.82) is 0 Å². The molecule has 0 aliphatic heterocycles. The monoisotopic (exact) mass is 284 g/mol. The summed E-state index contributed by atoms with van der Waals surface area (Å²) in [6, 6.07) is 1.42. The number of hydrazine groups is 1. The van der Waals surface area contributed by atoms with E-state index in [4.69, 9.17) is 15.5 Å². The summed E-state index contributed by atoms with van der Waals surface area (Å²) >= 11 is 0. The zero-order valence-electron chi connectivity index (χ0n) is 8.11. The van der Waals surface area contributed by atoms with Crippen molar-refractivity contribution in [1.82, 2.24) is 0 Å². The van der Waals surface area contributed by atoms with E-state index < -0.39 is 32.3 Å². The Bertz CT molecular complexity index is 544. The summed E-state index contributed by atoms with van der Waals surface area (Å²) in [6.07, 6.45) is 0. The van der Waals surface area contributed by atoms with E-state index >= 15 is 0 Å². The number of nitrogens with two attached hydrogens (primary N) is 1. The molecule has 0 spiro atoms. The molecule has 96 valence electrons. The molecule has 10 heteroatoms. The summed E-state index contributed by atoms with van der Waals surface area (Å²) in [5.41, 5.74) is 0.896. The highest BCUT2D eigenvalue weighted by atomic mass is 35.5. The van der Waals surface area contributed by atoms with Crippen LogP contribution in [0.4, 0.5) is 5.69 Å². The third-order valence-electron chi connectivity index (χ3n) is 1.77. The number of carboxylic acid groups (broad SMARTS) is 1. The second-order valence-electron chi connectivity index (χ2n) is 2.79. The van der Waals surface area contributed by atoms with Gasteiger partial charge in [-0.2, -0.15) is 8.42 Å². The van der Waals surface area contributed by atoms with Crippen LogP contribution >= 0.6 is 12.4 Å². The van der Waals surface area contributed by atoms with Crippen LogP contribution in [0.2, 0.25) is 0 Å². The van der Waals surface area contributed by atoms with Crippen LogP contribution in [0.15, 0.2) is 17.0 Å². The van der Waals surface area contributed by atoms with Gasteiger partial charge in [0.2, 0.25) is 0 Å². The van der Waals surface area contributed by atoms with Gasteiger partial charge in [-0.05, 0) is 12.1 Å². The third kappa shape index (κ3) is 3.20. The summed E-state index contributed by atoms with van der Waals surface area (Å²) in [4.78, 5) is 9.98. The summed E-state index contributed by atoms with van der Waals surface area (Å²) in [6.45, 7) is 0. The molecule has 0 amide bonds. The van der Waals surface area contributed by atoms with Gasteiger partial charge in [0.15, 0.2) is 5.75 Å². The fourth-order valence-corrected chi connectivity index (χ4v) is 1.56. The van der Waals surface area contributed by atoms with Crippen LogP contribution < -0.4 is 11.3 Å². The Balaban J connectivity index is 0.00000256. The second-order valence-corrected chi connectivity index (χ2v) is 4.21. The highest BCUT2D eigenvalue weighted by Gasteiger charge is 2.20. The Morgan fingerprint density at radius 3 is 2.24 bits per heavy atom. The highest BCUT2D eigenvalue weighted by Crippen LogP contribution is 2.30. The largest absolute Gasteiger partial charge is 0.505 e. The molecule has 17 heavy (non-hydrogen) atoms. The van der Waals surface area contributed by atoms with Crippen LogP contribution in [0.1, 0.15) is 10.4 Å². The van der Waals surface area contributed by atoms with Crippen LogP contribution in [-0.4, -0.2) is 29.2 Å². The zero-order chi connectivity index (χ0) is 12.5. The average Bonchev–Trinajstić information content (AvgIpc) is 2.15. The van der Waals surface area contributed by atoms with Crippen LogP contribution in [0, 0.1) is 0 Å². The van der Waals surface area contributed by atoms with Crippen LogP contribution in [-0.2, 0) is 10.1 Å². The van der Waals surface area contributed by atoms with Crippen molar-refractivity contribution in [2.24, 2.45) is 5.84 Å². The highest BCUT2D eigenvalue weighted by molar-refractivity contribution is 7.85. The van der Waals surface area contributed by atoms with Crippen molar-refractivity contribution in [3.05, 3.63) is 17.7 Å². The standard InChI is InChI=1S/C7H8N2O6S.ClH/c8-9-5-2-3(16(13,14)15)1-4(6(5)10)7(11)12;/h1-2,9-10H,8H2,(H,11,12)(H,13,14,15);1H. The summed E-state index contributed by atoms with van der Waals surface area (Å²) < 4.78 is 30.3. The number of halogens is 1. The van der Waals surface area contributed by atoms with E-state index in [0.717, 1.165) is 6.07 Å². The number of carbonyl (C=O) groups is 1. The summed E-state index contributed by atoms with van der Waals surface area (Å²) in [5, 5.41) is 18.0. The summed E-state index contributed by atoms with van der Waals surface area (Å²) in [7, 11) is -4.58. The minimum atomic E-state index is -4.58. The van der Waals surface area contributed by atoms with Gasteiger partial charge in [0.05, 0.1) is 10.6 Å². The predicted octanol–water partition coefficient (Wildman–Crippen LogP) is 0.0445. The van der Waals surface area contributed by atoms with Gasteiger partial charge in [-0.3, -0.25) is 10.4 Å². The van der Waals surface area contributed by atoms with Gasteiger partial charge < -0.3 is 15.6 Å². The van der Waals surface area contributed by atoms with Crippen molar-refractivity contribution in [2.45, 2.75) is 4.90 Å². The third-order valence-corrected chi connectivity index (χ3v) is 2.60. The number of nitrogens with one attached hydrogen (secondary N) is 1. The molecule has 0 aliphatic rings. The van der Waals surface area contributed by atoms with Gasteiger partial charge in [-0.25, -0.2) is 4.79 Å². The first kappa shape index (κ1) is 15.4. The van der Waals surface area contributed by atoms with Crippen molar-refractivity contribution in [3.63, 3.8) is 0 Å². The topological polar surface area (TPSA) is 150 Å². The van der Waals surface area contributed by atoms with E-state index in [1.54, 1.807) is 0 Å². The number of phenols is 1. The van der Waals surface area contributed by atoms with Crippen molar-refractivity contribution in [3.8, 4) is 5.75 Å². The van der Waals surface area contributed by atoms with Crippen LogP contribution in [0.5, 0.6) is 5.75 Å². The van der Waals surface area contributed by atoms with E-state index in [1.807, 2.05) is 5.43 Å². The smallest absolute Gasteiger partial charge is 0.339 e.